The van der Waals surface area contributed by atoms with Crippen LogP contribution in [0.2, 0.25) is 0 Å². The SMILES string of the molecule is COCC(C)OC(=O)c1c(N)n(C2CCCCC2)c2nc3ccccc3nc12. The van der Waals surface area contributed by atoms with Gasteiger partial charge in [-0.1, -0.05) is 31.4 Å². The molecule has 0 aliphatic heterocycles. The van der Waals surface area contributed by atoms with Gasteiger partial charge in [-0.05, 0) is 31.9 Å². The Morgan fingerprint density at radius 3 is 2.57 bits per heavy atom. The number of nitrogens with zero attached hydrogens (tertiary/aromatic N) is 3. The molecule has 1 unspecified atom stereocenters. The number of para-hydroxylation sites is 2. The highest BCUT2D eigenvalue weighted by Crippen LogP contribution is 2.37. The Morgan fingerprint density at radius 2 is 1.89 bits per heavy atom. The van der Waals surface area contributed by atoms with Crippen LogP contribution in [0.1, 0.15) is 55.4 Å². The number of nitrogens with two attached hydrogens (primary N) is 1. The van der Waals surface area contributed by atoms with E-state index in [2.05, 4.69) is 0 Å². The molecule has 7 heteroatoms. The number of rotatable bonds is 5. The maximum absolute atomic E-state index is 13.0. The summed E-state index contributed by atoms with van der Waals surface area (Å²) < 4.78 is 12.6. The molecule has 0 saturated heterocycles. The Kier molecular flexibility index (Phi) is 5.17. The molecule has 3 aromatic rings. The molecule has 7 nitrogen and oxygen atoms in total. The summed E-state index contributed by atoms with van der Waals surface area (Å²) in [7, 11) is 1.57. The van der Waals surface area contributed by atoms with Crippen LogP contribution in [0, 0.1) is 0 Å². The van der Waals surface area contributed by atoms with E-state index in [0.717, 1.165) is 36.7 Å². The lowest BCUT2D eigenvalue weighted by atomic mass is 9.95. The molecule has 2 heterocycles. The average molecular weight is 382 g/mol. The molecule has 0 bridgehead atoms. The number of hydrogen-bond donors (Lipinski definition) is 1. The normalized spacial score (nSPS) is 16.5. The lowest BCUT2D eigenvalue weighted by molar-refractivity contribution is 0.0123. The molecule has 1 atom stereocenters. The van der Waals surface area contributed by atoms with Crippen LogP contribution >= 0.6 is 0 Å². The number of benzene rings is 1. The highest BCUT2D eigenvalue weighted by atomic mass is 16.6. The molecule has 1 aliphatic carbocycles. The van der Waals surface area contributed by atoms with Crippen molar-refractivity contribution in [2.75, 3.05) is 19.5 Å². The second-order valence-corrected chi connectivity index (χ2v) is 7.48. The third kappa shape index (κ3) is 3.30. The Morgan fingerprint density at radius 1 is 1.21 bits per heavy atom. The van der Waals surface area contributed by atoms with Crippen molar-refractivity contribution in [3.05, 3.63) is 29.8 Å². The molecule has 0 spiro atoms. The molecule has 1 fully saturated rings. The molecule has 1 aliphatic rings. The van der Waals surface area contributed by atoms with E-state index in [4.69, 9.17) is 25.2 Å². The van der Waals surface area contributed by atoms with Crippen molar-refractivity contribution in [2.45, 2.75) is 51.2 Å². The lowest BCUT2D eigenvalue weighted by Crippen LogP contribution is -2.21. The maximum Gasteiger partial charge on any atom is 0.344 e. The van der Waals surface area contributed by atoms with Crippen LogP contribution in [0.4, 0.5) is 5.82 Å². The van der Waals surface area contributed by atoms with Gasteiger partial charge in [-0.25, -0.2) is 14.8 Å². The van der Waals surface area contributed by atoms with Crippen LogP contribution in [-0.2, 0) is 9.47 Å². The molecular formula is C21H26N4O3. The van der Waals surface area contributed by atoms with Gasteiger partial charge in [0.2, 0.25) is 0 Å². The zero-order valence-electron chi connectivity index (χ0n) is 16.4. The minimum absolute atomic E-state index is 0.227. The largest absolute Gasteiger partial charge is 0.456 e. The highest BCUT2D eigenvalue weighted by molar-refractivity contribution is 6.08. The number of anilines is 1. The Bertz CT molecular complexity index is 1010. The van der Waals surface area contributed by atoms with Gasteiger partial charge in [-0.2, -0.15) is 0 Å². The quantitative estimate of drug-likeness (QED) is 0.674. The molecule has 1 saturated carbocycles. The summed E-state index contributed by atoms with van der Waals surface area (Å²) in [5.74, 6) is -0.0852. The Balaban J connectivity index is 1.88. The number of aromatic nitrogens is 3. The molecule has 2 aromatic heterocycles. The van der Waals surface area contributed by atoms with Gasteiger partial charge in [0.15, 0.2) is 5.65 Å². The van der Waals surface area contributed by atoms with Crippen molar-refractivity contribution in [1.82, 2.24) is 14.5 Å². The van der Waals surface area contributed by atoms with Gasteiger partial charge in [0, 0.05) is 13.2 Å². The molecule has 0 amide bonds. The smallest absolute Gasteiger partial charge is 0.344 e. The summed E-state index contributed by atoms with van der Waals surface area (Å²) in [4.78, 5) is 22.5. The first-order chi connectivity index (χ1) is 13.6. The van der Waals surface area contributed by atoms with E-state index in [0.29, 0.717) is 29.2 Å². The predicted molar refractivity (Wildman–Crippen MR) is 108 cm³/mol. The fraction of sp³-hybridized carbons (Fsp3) is 0.476. The van der Waals surface area contributed by atoms with Gasteiger partial charge in [0.05, 0.1) is 17.6 Å². The van der Waals surface area contributed by atoms with E-state index in [1.165, 1.54) is 6.42 Å². The van der Waals surface area contributed by atoms with E-state index in [1.54, 1.807) is 14.0 Å². The van der Waals surface area contributed by atoms with Gasteiger partial charge >= 0.3 is 5.97 Å². The van der Waals surface area contributed by atoms with Crippen LogP contribution in [0.15, 0.2) is 24.3 Å². The van der Waals surface area contributed by atoms with Gasteiger partial charge in [0.1, 0.15) is 23.0 Å². The van der Waals surface area contributed by atoms with Crippen molar-refractivity contribution in [2.24, 2.45) is 0 Å². The number of carbonyl (C=O) groups excluding carboxylic acids is 1. The van der Waals surface area contributed by atoms with Crippen molar-refractivity contribution in [3.8, 4) is 0 Å². The second-order valence-electron chi connectivity index (χ2n) is 7.48. The fourth-order valence-corrected chi connectivity index (χ4v) is 4.10. The number of fused-ring (bicyclic) bond motifs is 2. The summed E-state index contributed by atoms with van der Waals surface area (Å²) in [5, 5.41) is 0. The first kappa shape index (κ1) is 18.7. The summed E-state index contributed by atoms with van der Waals surface area (Å²) in [6.45, 7) is 2.11. The molecule has 148 valence electrons. The molecule has 4 rings (SSSR count). The minimum Gasteiger partial charge on any atom is -0.456 e. The number of carbonyl (C=O) groups is 1. The third-order valence-corrected chi connectivity index (χ3v) is 5.39. The van der Waals surface area contributed by atoms with Crippen LogP contribution < -0.4 is 5.73 Å². The number of ether oxygens (including phenoxy) is 2. The van der Waals surface area contributed by atoms with E-state index < -0.39 is 5.97 Å². The summed E-state index contributed by atoms with van der Waals surface area (Å²) >= 11 is 0. The lowest BCUT2D eigenvalue weighted by Gasteiger charge is -2.25. The average Bonchev–Trinajstić information content (AvgIpc) is 2.97. The predicted octanol–water partition coefficient (Wildman–Crippen LogP) is 3.86. The topological polar surface area (TPSA) is 92.3 Å². The minimum atomic E-state index is -0.480. The molecule has 2 N–H and O–H groups in total. The molecule has 28 heavy (non-hydrogen) atoms. The third-order valence-electron chi connectivity index (χ3n) is 5.39. The van der Waals surface area contributed by atoms with Crippen molar-refractivity contribution in [1.29, 1.82) is 0 Å². The highest BCUT2D eigenvalue weighted by Gasteiger charge is 2.29. The van der Waals surface area contributed by atoms with Crippen LogP contribution in [0.5, 0.6) is 0 Å². The number of nitrogen functional groups attached to an aromatic ring is 1. The standard InChI is InChI=1S/C21H26N4O3/c1-13(12-27-2)28-21(26)17-18-20(24-16-11-7-6-10-15(16)23-18)25(19(17)22)14-8-4-3-5-9-14/h6-7,10-11,13-14H,3-5,8-9,12,22H2,1-2H3. The van der Waals surface area contributed by atoms with Gasteiger partial charge in [0.25, 0.3) is 0 Å². The summed E-state index contributed by atoms with van der Waals surface area (Å²) in [6, 6.07) is 7.88. The van der Waals surface area contributed by atoms with Gasteiger partial charge < -0.3 is 19.8 Å². The fourth-order valence-electron chi connectivity index (χ4n) is 4.10. The molecule has 0 radical (unpaired) electrons. The first-order valence-corrected chi connectivity index (χ1v) is 9.86. The van der Waals surface area contributed by atoms with Crippen LogP contribution in [0.25, 0.3) is 22.2 Å². The zero-order valence-corrected chi connectivity index (χ0v) is 16.4. The van der Waals surface area contributed by atoms with Crippen molar-refractivity contribution < 1.29 is 14.3 Å². The Hall–Kier alpha value is -2.67. The van der Waals surface area contributed by atoms with Crippen LogP contribution in [0.3, 0.4) is 0 Å². The second kappa shape index (κ2) is 7.75. The van der Waals surface area contributed by atoms with Gasteiger partial charge in [-0.15, -0.1) is 0 Å². The zero-order chi connectivity index (χ0) is 19.7. The summed E-state index contributed by atoms with van der Waals surface area (Å²) in [6.07, 6.45) is 5.20. The number of esters is 1. The van der Waals surface area contributed by atoms with Crippen LogP contribution in [-0.4, -0.2) is 40.3 Å². The first-order valence-electron chi connectivity index (χ1n) is 9.86. The number of hydrogen-bond acceptors (Lipinski definition) is 6. The molecular weight excluding hydrogens is 356 g/mol. The molecule has 1 aromatic carbocycles. The maximum atomic E-state index is 13.0. The van der Waals surface area contributed by atoms with E-state index in [9.17, 15) is 4.79 Å². The van der Waals surface area contributed by atoms with E-state index >= 15 is 0 Å². The number of methoxy groups -OCH3 is 1. The van der Waals surface area contributed by atoms with Crippen molar-refractivity contribution in [3.63, 3.8) is 0 Å². The Labute approximate surface area is 163 Å². The van der Waals surface area contributed by atoms with E-state index in [-0.39, 0.29) is 12.1 Å². The van der Waals surface area contributed by atoms with Crippen molar-refractivity contribution >= 4 is 34.0 Å². The van der Waals surface area contributed by atoms with Gasteiger partial charge in [-0.3, -0.25) is 0 Å². The summed E-state index contributed by atoms with van der Waals surface area (Å²) in [5.41, 5.74) is 9.51. The monoisotopic (exact) mass is 382 g/mol. The van der Waals surface area contributed by atoms with E-state index in [1.807, 2.05) is 28.8 Å².